The molecular weight excluding hydrogens is 289 g/mol. The Labute approximate surface area is 121 Å². The first-order valence-electron chi connectivity index (χ1n) is 5.48. The van der Waals surface area contributed by atoms with Crippen LogP contribution in [-0.4, -0.2) is 35.0 Å². The Kier molecular flexibility index (Phi) is 5.86. The highest BCUT2D eigenvalue weighted by Gasteiger charge is 2.17. The molecule has 0 saturated heterocycles. The Balaban J connectivity index is 2.80. The molecule has 0 aliphatic heterocycles. The predicted octanol–water partition coefficient (Wildman–Crippen LogP) is 2.64. The fourth-order valence-corrected chi connectivity index (χ4v) is 1.99. The van der Waals surface area contributed by atoms with Gasteiger partial charge in [0.1, 0.15) is 6.54 Å². The third-order valence-electron chi connectivity index (χ3n) is 2.39. The van der Waals surface area contributed by atoms with Gasteiger partial charge in [-0.3, -0.25) is 9.59 Å². The summed E-state index contributed by atoms with van der Waals surface area (Å²) in [6.07, 6.45) is 1.50. The maximum atomic E-state index is 12.0. The van der Waals surface area contributed by atoms with Crippen LogP contribution in [0.1, 0.15) is 5.56 Å². The van der Waals surface area contributed by atoms with Gasteiger partial charge >= 0.3 is 5.97 Å². The number of halogens is 2. The summed E-state index contributed by atoms with van der Waals surface area (Å²) in [6, 6.07) is 4.82. The summed E-state index contributed by atoms with van der Waals surface area (Å²) in [5, 5.41) is 9.61. The Morgan fingerprint density at radius 3 is 2.58 bits per heavy atom. The van der Waals surface area contributed by atoms with E-state index in [1.165, 1.54) is 11.0 Å². The van der Waals surface area contributed by atoms with Crippen molar-refractivity contribution in [3.05, 3.63) is 46.5 Å². The maximum absolute atomic E-state index is 12.0. The zero-order valence-corrected chi connectivity index (χ0v) is 11.6. The lowest BCUT2D eigenvalue weighted by molar-refractivity contribution is -0.143. The van der Waals surface area contributed by atoms with Crippen molar-refractivity contribution < 1.29 is 14.7 Å². The van der Waals surface area contributed by atoms with E-state index in [0.717, 1.165) is 0 Å². The number of nitrogens with zero attached hydrogens (tertiary/aromatic N) is 1. The third-order valence-corrected chi connectivity index (χ3v) is 2.97. The highest BCUT2D eigenvalue weighted by atomic mass is 35.5. The summed E-state index contributed by atoms with van der Waals surface area (Å²) in [5.41, 5.74) is 0.607. The van der Waals surface area contributed by atoms with Crippen molar-refractivity contribution in [2.24, 2.45) is 0 Å². The molecule has 0 radical (unpaired) electrons. The average molecular weight is 302 g/mol. The summed E-state index contributed by atoms with van der Waals surface area (Å²) in [7, 11) is 0. The molecule has 0 aliphatic carbocycles. The lowest BCUT2D eigenvalue weighted by Gasteiger charge is -2.19. The van der Waals surface area contributed by atoms with Crippen molar-refractivity contribution in [2.45, 2.75) is 6.42 Å². The van der Waals surface area contributed by atoms with E-state index in [-0.39, 0.29) is 25.4 Å². The molecule has 1 amide bonds. The molecule has 0 unspecified atom stereocenters. The zero-order valence-electron chi connectivity index (χ0n) is 10.1. The summed E-state index contributed by atoms with van der Waals surface area (Å²) < 4.78 is 0. The molecule has 1 aromatic carbocycles. The van der Waals surface area contributed by atoms with Crippen LogP contribution in [0.2, 0.25) is 10.0 Å². The molecule has 19 heavy (non-hydrogen) atoms. The van der Waals surface area contributed by atoms with Gasteiger partial charge in [-0.1, -0.05) is 35.3 Å². The Hall–Kier alpha value is -1.52. The van der Waals surface area contributed by atoms with Crippen LogP contribution in [-0.2, 0) is 16.0 Å². The predicted molar refractivity (Wildman–Crippen MR) is 74.6 cm³/mol. The van der Waals surface area contributed by atoms with E-state index >= 15 is 0 Å². The maximum Gasteiger partial charge on any atom is 0.323 e. The van der Waals surface area contributed by atoms with Gasteiger partial charge in [-0.15, -0.1) is 6.58 Å². The zero-order chi connectivity index (χ0) is 14.4. The van der Waals surface area contributed by atoms with Crippen molar-refractivity contribution >= 4 is 35.1 Å². The van der Waals surface area contributed by atoms with Gasteiger partial charge in [0.2, 0.25) is 5.91 Å². The highest BCUT2D eigenvalue weighted by molar-refractivity contribution is 6.35. The quantitative estimate of drug-likeness (QED) is 0.822. The SMILES string of the molecule is C=CCN(CC(=O)O)C(=O)Cc1ccc(Cl)cc1Cl. The minimum Gasteiger partial charge on any atom is -0.480 e. The minimum absolute atomic E-state index is 0.0249. The summed E-state index contributed by atoms with van der Waals surface area (Å²) in [5.74, 6) is -1.40. The number of aliphatic carboxylic acids is 1. The highest BCUT2D eigenvalue weighted by Crippen LogP contribution is 2.21. The molecule has 0 atom stereocenters. The first-order chi connectivity index (χ1) is 8.93. The number of rotatable bonds is 6. The van der Waals surface area contributed by atoms with Crippen LogP contribution < -0.4 is 0 Å². The normalized spacial score (nSPS) is 10.0. The van der Waals surface area contributed by atoms with Crippen molar-refractivity contribution in [2.75, 3.05) is 13.1 Å². The van der Waals surface area contributed by atoms with Gasteiger partial charge in [0, 0.05) is 16.6 Å². The standard InChI is InChI=1S/C13H13Cl2NO3/c1-2-5-16(8-13(18)19)12(17)6-9-3-4-10(14)7-11(9)15/h2-4,7H,1,5-6,8H2,(H,18,19). The van der Waals surface area contributed by atoms with E-state index in [0.29, 0.717) is 15.6 Å². The lowest BCUT2D eigenvalue weighted by atomic mass is 10.1. The van der Waals surface area contributed by atoms with Gasteiger partial charge in [0.25, 0.3) is 0 Å². The molecule has 4 nitrogen and oxygen atoms in total. The molecule has 0 aromatic heterocycles. The molecular formula is C13H13Cl2NO3. The first-order valence-corrected chi connectivity index (χ1v) is 6.24. The first kappa shape index (κ1) is 15.5. The largest absolute Gasteiger partial charge is 0.480 e. The minimum atomic E-state index is -1.07. The molecule has 1 aromatic rings. The second kappa shape index (κ2) is 7.16. The number of carbonyl (C=O) groups is 2. The Bertz CT molecular complexity index is 503. The summed E-state index contributed by atoms with van der Waals surface area (Å²) in [6.45, 7) is 3.31. The number of benzene rings is 1. The number of hydrogen-bond acceptors (Lipinski definition) is 2. The van der Waals surface area contributed by atoms with Crippen molar-refractivity contribution in [3.8, 4) is 0 Å². The average Bonchev–Trinajstić information content (AvgIpc) is 2.31. The Morgan fingerprint density at radius 2 is 2.05 bits per heavy atom. The number of carboxylic acids is 1. The van der Waals surface area contributed by atoms with Gasteiger partial charge in [-0.05, 0) is 17.7 Å². The lowest BCUT2D eigenvalue weighted by Crippen LogP contribution is -2.36. The van der Waals surface area contributed by atoms with Gasteiger partial charge in [0.05, 0.1) is 6.42 Å². The van der Waals surface area contributed by atoms with Crippen molar-refractivity contribution in [1.29, 1.82) is 0 Å². The number of amides is 1. The third kappa shape index (κ3) is 4.93. The van der Waals surface area contributed by atoms with Gasteiger partial charge < -0.3 is 10.0 Å². The fraction of sp³-hybridized carbons (Fsp3) is 0.231. The van der Waals surface area contributed by atoms with Crippen LogP contribution in [0.25, 0.3) is 0 Å². The van der Waals surface area contributed by atoms with Gasteiger partial charge in [-0.25, -0.2) is 0 Å². The molecule has 102 valence electrons. The van der Waals surface area contributed by atoms with E-state index in [4.69, 9.17) is 28.3 Å². The smallest absolute Gasteiger partial charge is 0.323 e. The van der Waals surface area contributed by atoms with Crippen molar-refractivity contribution in [3.63, 3.8) is 0 Å². The molecule has 0 bridgehead atoms. The molecule has 0 spiro atoms. The van der Waals surface area contributed by atoms with E-state index in [9.17, 15) is 9.59 Å². The van der Waals surface area contributed by atoms with E-state index < -0.39 is 5.97 Å². The van der Waals surface area contributed by atoms with Crippen molar-refractivity contribution in [1.82, 2.24) is 4.90 Å². The van der Waals surface area contributed by atoms with Gasteiger partial charge in [0.15, 0.2) is 0 Å². The molecule has 0 heterocycles. The van der Waals surface area contributed by atoms with Crippen LogP contribution in [0.4, 0.5) is 0 Å². The molecule has 0 fully saturated rings. The van der Waals surface area contributed by atoms with Gasteiger partial charge in [-0.2, -0.15) is 0 Å². The topological polar surface area (TPSA) is 57.6 Å². The van der Waals surface area contributed by atoms with E-state index in [1.807, 2.05) is 0 Å². The van der Waals surface area contributed by atoms with Crippen LogP contribution >= 0.6 is 23.2 Å². The number of carbonyl (C=O) groups excluding carboxylic acids is 1. The van der Waals surface area contributed by atoms with Crippen LogP contribution in [0.5, 0.6) is 0 Å². The second-order valence-corrected chi connectivity index (χ2v) is 4.71. The molecule has 1 rings (SSSR count). The second-order valence-electron chi connectivity index (χ2n) is 3.87. The fourth-order valence-electron chi connectivity index (χ4n) is 1.51. The Morgan fingerprint density at radius 1 is 1.37 bits per heavy atom. The molecule has 0 saturated carbocycles. The molecule has 6 heteroatoms. The van der Waals surface area contributed by atoms with E-state index in [1.54, 1.807) is 18.2 Å². The summed E-state index contributed by atoms with van der Waals surface area (Å²) >= 11 is 11.7. The molecule has 1 N–H and O–H groups in total. The molecule has 0 aliphatic rings. The van der Waals surface area contributed by atoms with E-state index in [2.05, 4.69) is 6.58 Å². The number of hydrogen-bond donors (Lipinski definition) is 1. The monoisotopic (exact) mass is 301 g/mol. The van der Waals surface area contributed by atoms with Crippen LogP contribution in [0.3, 0.4) is 0 Å². The number of carboxylic acid groups (broad SMARTS) is 1. The summed E-state index contributed by atoms with van der Waals surface area (Å²) in [4.78, 5) is 23.9. The van der Waals surface area contributed by atoms with Crippen LogP contribution in [0, 0.1) is 0 Å². The van der Waals surface area contributed by atoms with Crippen LogP contribution in [0.15, 0.2) is 30.9 Å².